The van der Waals surface area contributed by atoms with Crippen LogP contribution >= 0.6 is 0 Å². The van der Waals surface area contributed by atoms with E-state index < -0.39 is 5.54 Å². The summed E-state index contributed by atoms with van der Waals surface area (Å²) in [6, 6.07) is 4.00. The van der Waals surface area contributed by atoms with Crippen LogP contribution in [-0.2, 0) is 6.42 Å². The van der Waals surface area contributed by atoms with Gasteiger partial charge in [0.2, 0.25) is 0 Å². The number of amides is 1. The second-order valence-corrected chi connectivity index (χ2v) is 5.17. The maximum absolute atomic E-state index is 12.3. The van der Waals surface area contributed by atoms with Crippen molar-refractivity contribution < 1.29 is 9.21 Å². The maximum Gasteiger partial charge on any atom is 0.256 e. The van der Waals surface area contributed by atoms with Gasteiger partial charge in [0, 0.05) is 6.42 Å². The van der Waals surface area contributed by atoms with Crippen molar-refractivity contribution in [2.75, 3.05) is 0 Å². The number of hydrogen-bond donors (Lipinski definition) is 1. The molecule has 1 aliphatic rings. The number of rotatable bonds is 3. The summed E-state index contributed by atoms with van der Waals surface area (Å²) in [7, 11) is 0. The van der Waals surface area contributed by atoms with Gasteiger partial charge in [-0.05, 0) is 18.9 Å². The van der Waals surface area contributed by atoms with Gasteiger partial charge in [0.15, 0.2) is 0 Å². The van der Waals surface area contributed by atoms with Gasteiger partial charge in [-0.1, -0.05) is 32.6 Å². The average Bonchev–Trinajstić information content (AvgIpc) is 2.79. The highest BCUT2D eigenvalue weighted by Gasteiger charge is 2.33. The van der Waals surface area contributed by atoms with Crippen molar-refractivity contribution in [2.24, 2.45) is 0 Å². The summed E-state index contributed by atoms with van der Waals surface area (Å²) in [5.74, 6) is 0.494. The summed E-state index contributed by atoms with van der Waals surface area (Å²) >= 11 is 0. The predicted octanol–water partition coefficient (Wildman–Crippen LogP) is 3.19. The van der Waals surface area contributed by atoms with Crippen LogP contribution in [-0.4, -0.2) is 11.4 Å². The summed E-state index contributed by atoms with van der Waals surface area (Å²) in [5, 5.41) is 12.4. The second kappa shape index (κ2) is 5.92. The minimum atomic E-state index is -0.699. The van der Waals surface area contributed by atoms with Crippen molar-refractivity contribution in [2.45, 2.75) is 57.4 Å². The molecule has 4 heteroatoms. The zero-order valence-corrected chi connectivity index (χ0v) is 11.4. The first-order chi connectivity index (χ1) is 9.21. The van der Waals surface area contributed by atoms with E-state index in [0.717, 1.165) is 38.5 Å². The predicted molar refractivity (Wildman–Crippen MR) is 71.6 cm³/mol. The van der Waals surface area contributed by atoms with Crippen LogP contribution in [0.2, 0.25) is 0 Å². The van der Waals surface area contributed by atoms with E-state index in [1.165, 1.54) is 6.26 Å². The highest BCUT2D eigenvalue weighted by atomic mass is 16.3. The summed E-state index contributed by atoms with van der Waals surface area (Å²) in [6.45, 7) is 1.95. The van der Waals surface area contributed by atoms with Crippen LogP contribution in [0, 0.1) is 11.3 Å². The molecule has 0 radical (unpaired) electrons. The Kier molecular flexibility index (Phi) is 4.26. The standard InChI is InChI=1S/C15H20N2O2/c1-2-13-12(7-10-19-13)14(18)17-15(11-16)8-5-3-4-6-9-15/h7,10H,2-6,8-9H2,1H3,(H,17,18). The van der Waals surface area contributed by atoms with Crippen molar-refractivity contribution in [3.05, 3.63) is 23.7 Å². The third kappa shape index (κ3) is 2.98. The molecule has 1 N–H and O–H groups in total. The fourth-order valence-electron chi connectivity index (χ4n) is 2.70. The van der Waals surface area contributed by atoms with Gasteiger partial charge in [-0.15, -0.1) is 0 Å². The minimum absolute atomic E-state index is 0.186. The molecule has 1 heterocycles. The summed E-state index contributed by atoms with van der Waals surface area (Å²) < 4.78 is 5.27. The minimum Gasteiger partial charge on any atom is -0.469 e. The van der Waals surface area contributed by atoms with Crippen LogP contribution in [0.15, 0.2) is 16.7 Å². The maximum atomic E-state index is 12.3. The molecule has 0 bridgehead atoms. The van der Waals surface area contributed by atoms with Crippen LogP contribution in [0.5, 0.6) is 0 Å². The lowest BCUT2D eigenvalue weighted by Crippen LogP contribution is -2.47. The number of aryl methyl sites for hydroxylation is 1. The highest BCUT2D eigenvalue weighted by molar-refractivity contribution is 5.95. The molecule has 2 rings (SSSR count). The zero-order chi connectivity index (χ0) is 13.7. The Morgan fingerprint density at radius 1 is 1.42 bits per heavy atom. The van der Waals surface area contributed by atoms with Gasteiger partial charge in [-0.25, -0.2) is 0 Å². The molecule has 1 aliphatic carbocycles. The van der Waals surface area contributed by atoms with Crippen molar-refractivity contribution >= 4 is 5.91 Å². The quantitative estimate of drug-likeness (QED) is 0.849. The van der Waals surface area contributed by atoms with Gasteiger partial charge in [-0.2, -0.15) is 5.26 Å². The van der Waals surface area contributed by atoms with Crippen LogP contribution < -0.4 is 5.32 Å². The van der Waals surface area contributed by atoms with E-state index in [9.17, 15) is 10.1 Å². The van der Waals surface area contributed by atoms with Gasteiger partial charge in [0.05, 0.1) is 17.9 Å². The highest BCUT2D eigenvalue weighted by Crippen LogP contribution is 2.27. The molecule has 0 aromatic carbocycles. The van der Waals surface area contributed by atoms with Crippen LogP contribution in [0.25, 0.3) is 0 Å². The number of carbonyl (C=O) groups is 1. The fraction of sp³-hybridized carbons (Fsp3) is 0.600. The van der Waals surface area contributed by atoms with E-state index >= 15 is 0 Å². The lowest BCUT2D eigenvalue weighted by Gasteiger charge is -2.26. The molecule has 19 heavy (non-hydrogen) atoms. The van der Waals surface area contributed by atoms with Gasteiger partial charge in [-0.3, -0.25) is 4.79 Å². The molecule has 102 valence electrons. The van der Waals surface area contributed by atoms with Gasteiger partial charge < -0.3 is 9.73 Å². The van der Waals surface area contributed by atoms with E-state index in [1.54, 1.807) is 6.07 Å². The number of carbonyl (C=O) groups excluding carboxylic acids is 1. The number of furan rings is 1. The molecular weight excluding hydrogens is 240 g/mol. The van der Waals surface area contributed by atoms with E-state index in [0.29, 0.717) is 17.7 Å². The molecular formula is C15H20N2O2. The van der Waals surface area contributed by atoms with E-state index in [1.807, 2.05) is 6.92 Å². The molecule has 1 saturated carbocycles. The normalized spacial score (nSPS) is 18.3. The Morgan fingerprint density at radius 2 is 2.11 bits per heavy atom. The molecule has 0 spiro atoms. The number of nitrogens with one attached hydrogen (secondary N) is 1. The molecule has 1 aromatic rings. The Morgan fingerprint density at radius 3 is 2.68 bits per heavy atom. The molecule has 0 unspecified atom stereocenters. The van der Waals surface area contributed by atoms with E-state index in [4.69, 9.17) is 4.42 Å². The topological polar surface area (TPSA) is 66.0 Å². The lowest BCUT2D eigenvalue weighted by molar-refractivity contribution is 0.0911. The molecule has 4 nitrogen and oxygen atoms in total. The van der Waals surface area contributed by atoms with Crippen molar-refractivity contribution in [1.29, 1.82) is 5.26 Å². The smallest absolute Gasteiger partial charge is 0.256 e. The van der Waals surface area contributed by atoms with Crippen LogP contribution in [0.1, 0.15) is 61.6 Å². The summed E-state index contributed by atoms with van der Waals surface area (Å²) in [5.41, 5.74) is -0.142. The van der Waals surface area contributed by atoms with E-state index in [2.05, 4.69) is 11.4 Å². The van der Waals surface area contributed by atoms with Crippen molar-refractivity contribution in [3.63, 3.8) is 0 Å². The Balaban J connectivity index is 2.14. The molecule has 0 atom stereocenters. The molecule has 0 aliphatic heterocycles. The molecule has 1 amide bonds. The Bertz CT molecular complexity index is 477. The van der Waals surface area contributed by atoms with Gasteiger partial charge >= 0.3 is 0 Å². The largest absolute Gasteiger partial charge is 0.469 e. The molecule has 1 aromatic heterocycles. The first kappa shape index (κ1) is 13.7. The Labute approximate surface area is 113 Å². The van der Waals surface area contributed by atoms with Gasteiger partial charge in [0.1, 0.15) is 11.3 Å². The van der Waals surface area contributed by atoms with Gasteiger partial charge in [0.25, 0.3) is 5.91 Å². The third-order valence-corrected chi connectivity index (χ3v) is 3.84. The monoisotopic (exact) mass is 260 g/mol. The number of nitriles is 1. The lowest BCUT2D eigenvalue weighted by atomic mass is 9.91. The van der Waals surface area contributed by atoms with E-state index in [-0.39, 0.29) is 5.91 Å². The van der Waals surface area contributed by atoms with Crippen molar-refractivity contribution in [3.8, 4) is 6.07 Å². The fourth-order valence-corrected chi connectivity index (χ4v) is 2.70. The number of nitrogens with zero attached hydrogens (tertiary/aromatic N) is 1. The van der Waals surface area contributed by atoms with Crippen LogP contribution in [0.3, 0.4) is 0 Å². The first-order valence-electron chi connectivity index (χ1n) is 7.01. The Hall–Kier alpha value is -1.76. The zero-order valence-electron chi connectivity index (χ0n) is 11.4. The average molecular weight is 260 g/mol. The third-order valence-electron chi connectivity index (χ3n) is 3.84. The van der Waals surface area contributed by atoms with Crippen molar-refractivity contribution in [1.82, 2.24) is 5.32 Å². The summed E-state index contributed by atoms with van der Waals surface area (Å²) in [6.07, 6.45) is 7.98. The first-order valence-corrected chi connectivity index (χ1v) is 7.01. The second-order valence-electron chi connectivity index (χ2n) is 5.17. The molecule has 1 fully saturated rings. The SMILES string of the molecule is CCc1occc1C(=O)NC1(C#N)CCCCCC1. The molecule has 0 saturated heterocycles. The summed E-state index contributed by atoms with van der Waals surface area (Å²) in [4.78, 5) is 12.3. The number of hydrogen-bond acceptors (Lipinski definition) is 3. The van der Waals surface area contributed by atoms with Crippen LogP contribution in [0.4, 0.5) is 0 Å².